The molecule has 6 N–H and O–H groups in total. The van der Waals surface area contributed by atoms with E-state index in [2.05, 4.69) is 30.9 Å². The Labute approximate surface area is 116 Å². The molecule has 0 saturated heterocycles. The molecular formula is C12H19N7O. The van der Waals surface area contributed by atoms with Gasteiger partial charge in [-0.15, -0.1) is 0 Å². The lowest BCUT2D eigenvalue weighted by molar-refractivity contribution is 0.104. The fourth-order valence-corrected chi connectivity index (χ4v) is 2.72. The Morgan fingerprint density at radius 1 is 1.40 bits per heavy atom. The summed E-state index contributed by atoms with van der Waals surface area (Å²) in [6.07, 6.45) is 5.48. The normalized spacial score (nSPS) is 22.9. The van der Waals surface area contributed by atoms with Crippen molar-refractivity contribution in [2.24, 2.45) is 11.8 Å². The van der Waals surface area contributed by atoms with Gasteiger partial charge in [0.05, 0.1) is 17.7 Å². The van der Waals surface area contributed by atoms with Crippen molar-refractivity contribution in [1.29, 1.82) is 0 Å². The van der Waals surface area contributed by atoms with E-state index in [1.165, 1.54) is 0 Å². The number of H-pyrrole nitrogens is 1. The van der Waals surface area contributed by atoms with E-state index in [0.717, 1.165) is 37.6 Å². The van der Waals surface area contributed by atoms with Crippen molar-refractivity contribution in [3.63, 3.8) is 0 Å². The van der Waals surface area contributed by atoms with Crippen LogP contribution >= 0.6 is 0 Å². The molecule has 108 valence electrons. The van der Waals surface area contributed by atoms with Gasteiger partial charge in [0.1, 0.15) is 5.82 Å². The third-order valence-corrected chi connectivity index (χ3v) is 3.75. The predicted octanol–water partition coefficient (Wildman–Crippen LogP) is 0.601. The summed E-state index contributed by atoms with van der Waals surface area (Å²) in [5.74, 6) is 6.87. The van der Waals surface area contributed by atoms with Gasteiger partial charge in [-0.25, -0.2) is 5.84 Å². The van der Waals surface area contributed by atoms with Gasteiger partial charge >= 0.3 is 0 Å². The van der Waals surface area contributed by atoms with Crippen LogP contribution < -0.4 is 16.6 Å². The van der Waals surface area contributed by atoms with Gasteiger partial charge in [-0.1, -0.05) is 6.42 Å². The second-order valence-corrected chi connectivity index (χ2v) is 5.24. The highest BCUT2D eigenvalue weighted by molar-refractivity contribution is 5.86. The van der Waals surface area contributed by atoms with Gasteiger partial charge in [0.2, 0.25) is 5.95 Å². The lowest BCUT2D eigenvalue weighted by atomic mass is 9.87. The monoisotopic (exact) mass is 277 g/mol. The van der Waals surface area contributed by atoms with Crippen molar-refractivity contribution in [2.75, 3.05) is 17.3 Å². The Kier molecular flexibility index (Phi) is 3.66. The van der Waals surface area contributed by atoms with Crippen molar-refractivity contribution >= 4 is 22.8 Å². The minimum atomic E-state index is -0.170. The molecule has 2 heterocycles. The lowest BCUT2D eigenvalue weighted by Gasteiger charge is -2.26. The first-order chi connectivity index (χ1) is 9.76. The zero-order chi connectivity index (χ0) is 13.9. The molecule has 2 atom stereocenters. The fraction of sp³-hybridized carbons (Fsp3) is 0.583. The van der Waals surface area contributed by atoms with Crippen molar-refractivity contribution in [1.82, 2.24) is 20.2 Å². The Balaban J connectivity index is 1.74. The number of hydrazine groups is 1. The first kappa shape index (κ1) is 13.1. The molecule has 8 nitrogen and oxygen atoms in total. The van der Waals surface area contributed by atoms with Crippen molar-refractivity contribution in [3.8, 4) is 0 Å². The zero-order valence-electron chi connectivity index (χ0n) is 11.1. The summed E-state index contributed by atoms with van der Waals surface area (Å²) in [6.45, 7) is 0.776. The van der Waals surface area contributed by atoms with Gasteiger partial charge in [-0.2, -0.15) is 15.1 Å². The van der Waals surface area contributed by atoms with Gasteiger partial charge in [0.15, 0.2) is 5.65 Å². The highest BCUT2D eigenvalue weighted by Gasteiger charge is 2.20. The van der Waals surface area contributed by atoms with Crippen LogP contribution in [0.4, 0.5) is 11.8 Å². The quantitative estimate of drug-likeness (QED) is 0.409. The number of hydrogen-bond acceptors (Lipinski definition) is 7. The van der Waals surface area contributed by atoms with Gasteiger partial charge in [0, 0.05) is 6.54 Å². The number of aromatic amines is 1. The zero-order valence-corrected chi connectivity index (χ0v) is 11.1. The molecule has 1 aliphatic rings. The number of nitrogens with two attached hydrogens (primary N) is 1. The van der Waals surface area contributed by atoms with E-state index >= 15 is 0 Å². The summed E-state index contributed by atoms with van der Waals surface area (Å²) in [5.41, 5.74) is 3.08. The van der Waals surface area contributed by atoms with Gasteiger partial charge < -0.3 is 10.4 Å². The van der Waals surface area contributed by atoms with Crippen LogP contribution in [0.5, 0.6) is 0 Å². The molecule has 2 aromatic rings. The number of hydrogen-bond donors (Lipinski definition) is 5. The van der Waals surface area contributed by atoms with Gasteiger partial charge in [-0.3, -0.25) is 10.5 Å². The molecule has 0 aromatic carbocycles. The maximum Gasteiger partial charge on any atom is 0.241 e. The number of fused-ring (bicyclic) bond motifs is 1. The van der Waals surface area contributed by atoms with Crippen LogP contribution in [0.3, 0.4) is 0 Å². The molecular weight excluding hydrogens is 258 g/mol. The predicted molar refractivity (Wildman–Crippen MR) is 75.9 cm³/mol. The first-order valence-corrected chi connectivity index (χ1v) is 6.86. The molecule has 3 rings (SSSR count). The summed E-state index contributed by atoms with van der Waals surface area (Å²) in [6, 6.07) is 0. The number of aliphatic hydroxyl groups excluding tert-OH is 1. The van der Waals surface area contributed by atoms with Crippen LogP contribution in [0.1, 0.15) is 25.7 Å². The van der Waals surface area contributed by atoms with Gasteiger partial charge in [0.25, 0.3) is 0 Å². The molecule has 20 heavy (non-hydrogen) atoms. The minimum Gasteiger partial charge on any atom is -0.393 e. The molecule has 1 saturated carbocycles. The third-order valence-electron chi connectivity index (χ3n) is 3.75. The number of aliphatic hydroxyl groups is 1. The molecule has 0 spiro atoms. The maximum atomic E-state index is 9.70. The van der Waals surface area contributed by atoms with Crippen molar-refractivity contribution in [3.05, 3.63) is 6.20 Å². The van der Waals surface area contributed by atoms with Crippen LogP contribution in [-0.2, 0) is 0 Å². The first-order valence-electron chi connectivity index (χ1n) is 6.86. The van der Waals surface area contributed by atoms with E-state index in [9.17, 15) is 5.11 Å². The summed E-state index contributed by atoms with van der Waals surface area (Å²) < 4.78 is 0. The summed E-state index contributed by atoms with van der Waals surface area (Å²) in [4.78, 5) is 8.49. The number of anilines is 2. The Morgan fingerprint density at radius 3 is 3.10 bits per heavy atom. The lowest BCUT2D eigenvalue weighted by Crippen LogP contribution is -2.25. The van der Waals surface area contributed by atoms with Crippen molar-refractivity contribution in [2.45, 2.75) is 31.8 Å². The highest BCUT2D eigenvalue weighted by atomic mass is 16.3. The van der Waals surface area contributed by atoms with E-state index in [-0.39, 0.29) is 6.10 Å². The Hall–Kier alpha value is -1.93. The fourth-order valence-electron chi connectivity index (χ4n) is 2.72. The SMILES string of the molecule is NNc1nc(NCC2CCCC(O)C2)c2cn[nH]c2n1. The number of rotatable bonds is 4. The minimum absolute atomic E-state index is 0.170. The molecule has 0 radical (unpaired) electrons. The standard InChI is InChI=1S/C12H19N7O/c13-18-12-16-10(9-6-15-19-11(9)17-12)14-5-7-2-1-3-8(20)4-7/h6-8,20H,1-5,13H2,(H3,14,15,16,17,18,19). The molecule has 2 unspecified atom stereocenters. The van der Waals surface area contributed by atoms with E-state index in [4.69, 9.17) is 5.84 Å². The van der Waals surface area contributed by atoms with E-state index in [0.29, 0.717) is 23.3 Å². The molecule has 8 heteroatoms. The van der Waals surface area contributed by atoms with Crippen LogP contribution in [0.25, 0.3) is 11.0 Å². The van der Waals surface area contributed by atoms with Crippen LogP contribution in [0.15, 0.2) is 6.20 Å². The number of aromatic nitrogens is 4. The maximum absolute atomic E-state index is 9.70. The second-order valence-electron chi connectivity index (χ2n) is 5.24. The van der Waals surface area contributed by atoms with E-state index in [1.807, 2.05) is 0 Å². The third kappa shape index (κ3) is 2.66. The van der Waals surface area contributed by atoms with E-state index < -0.39 is 0 Å². The smallest absolute Gasteiger partial charge is 0.241 e. The average Bonchev–Trinajstić information content (AvgIpc) is 2.93. The Bertz CT molecular complexity index is 584. The van der Waals surface area contributed by atoms with Crippen molar-refractivity contribution < 1.29 is 5.11 Å². The summed E-state index contributed by atoms with van der Waals surface area (Å²) in [5, 5.41) is 20.6. The highest BCUT2D eigenvalue weighted by Crippen LogP contribution is 2.26. The van der Waals surface area contributed by atoms with Crippen LogP contribution in [0, 0.1) is 5.92 Å². The summed E-state index contributed by atoms with van der Waals surface area (Å²) >= 11 is 0. The number of nitrogens with one attached hydrogen (secondary N) is 3. The second kappa shape index (κ2) is 5.59. The molecule has 2 aromatic heterocycles. The number of nitrogens with zero attached hydrogens (tertiary/aromatic N) is 3. The largest absolute Gasteiger partial charge is 0.393 e. The Morgan fingerprint density at radius 2 is 2.30 bits per heavy atom. The molecule has 0 aliphatic heterocycles. The van der Waals surface area contributed by atoms with Crippen LogP contribution in [0.2, 0.25) is 0 Å². The van der Waals surface area contributed by atoms with Gasteiger partial charge in [-0.05, 0) is 25.2 Å². The number of nitrogen functional groups attached to an aromatic ring is 1. The average molecular weight is 277 g/mol. The molecule has 0 amide bonds. The topological polar surface area (TPSA) is 125 Å². The summed E-state index contributed by atoms with van der Waals surface area (Å²) in [7, 11) is 0. The van der Waals surface area contributed by atoms with Crippen LogP contribution in [-0.4, -0.2) is 37.9 Å². The molecule has 1 fully saturated rings. The molecule has 1 aliphatic carbocycles. The van der Waals surface area contributed by atoms with E-state index in [1.54, 1.807) is 6.20 Å². The molecule has 0 bridgehead atoms.